The molecule has 2 amide bonds. The van der Waals surface area contributed by atoms with E-state index in [1.165, 1.54) is 6.92 Å². The van der Waals surface area contributed by atoms with Crippen LogP contribution in [0.5, 0.6) is 0 Å². The second kappa shape index (κ2) is 7.87. The number of aromatic nitrogens is 3. The minimum Gasteiger partial charge on any atom is -0.349 e. The molecule has 3 rings (SSSR count). The third-order valence-corrected chi connectivity index (χ3v) is 4.82. The molecule has 0 unspecified atom stereocenters. The van der Waals surface area contributed by atoms with Crippen molar-refractivity contribution in [2.45, 2.75) is 52.2 Å². The molecule has 0 radical (unpaired) electrons. The molecule has 8 heteroatoms. The van der Waals surface area contributed by atoms with E-state index in [1.54, 1.807) is 16.5 Å². The molecule has 0 saturated heterocycles. The van der Waals surface area contributed by atoms with Gasteiger partial charge in [-0.1, -0.05) is 11.3 Å². The number of aryl methyl sites for hydroxylation is 1. The number of rotatable bonds is 5. The zero-order valence-corrected chi connectivity index (χ0v) is 16.0. The number of hydrogen-bond donors (Lipinski definition) is 2. The Labute approximate surface area is 158 Å². The molecular formula is C19H26N6O2. The van der Waals surface area contributed by atoms with Gasteiger partial charge in [0.25, 0.3) is 0 Å². The number of amides is 2. The maximum Gasteiger partial charge on any atom is 0.224 e. The molecule has 1 aromatic heterocycles. The molecule has 27 heavy (non-hydrogen) atoms. The zero-order valence-electron chi connectivity index (χ0n) is 16.0. The quantitative estimate of drug-likeness (QED) is 0.832. The molecule has 2 atom stereocenters. The Balaban J connectivity index is 1.99. The second-order valence-corrected chi connectivity index (χ2v) is 7.01. The molecular weight excluding hydrogens is 344 g/mol. The normalized spacial score (nSPS) is 18.9. The van der Waals surface area contributed by atoms with E-state index >= 15 is 0 Å². The maximum absolute atomic E-state index is 12.2. The van der Waals surface area contributed by atoms with E-state index in [0.717, 1.165) is 35.5 Å². The van der Waals surface area contributed by atoms with E-state index in [9.17, 15) is 9.59 Å². The molecule has 2 heterocycles. The lowest BCUT2D eigenvalue weighted by atomic mass is 9.90. The predicted octanol–water partition coefficient (Wildman–Crippen LogP) is 1.62. The number of carbonyl (C=O) groups excluding carboxylic acids is 2. The summed E-state index contributed by atoms with van der Waals surface area (Å²) in [5, 5.41) is 11.4. The molecule has 0 saturated carbocycles. The summed E-state index contributed by atoms with van der Waals surface area (Å²) in [7, 11) is 0. The van der Waals surface area contributed by atoms with Crippen LogP contribution in [0.3, 0.4) is 0 Å². The summed E-state index contributed by atoms with van der Waals surface area (Å²) in [5.74, 6) is -0.0990. The SMILES string of the molecule is CC(=O)N[C@@H]1C[C@H](C)N(C(C)=O)c2ccc(-c3cn(CCCN)nn3)cc21. The summed E-state index contributed by atoms with van der Waals surface area (Å²) >= 11 is 0. The number of nitrogens with two attached hydrogens (primary N) is 1. The molecule has 0 aliphatic carbocycles. The number of nitrogens with zero attached hydrogens (tertiary/aromatic N) is 4. The third-order valence-electron chi connectivity index (χ3n) is 4.82. The Hall–Kier alpha value is -2.74. The Morgan fingerprint density at radius 2 is 2.11 bits per heavy atom. The van der Waals surface area contributed by atoms with Gasteiger partial charge < -0.3 is 16.0 Å². The van der Waals surface area contributed by atoms with Crippen molar-refractivity contribution in [2.75, 3.05) is 11.4 Å². The molecule has 0 fully saturated rings. The summed E-state index contributed by atoms with van der Waals surface area (Å²) in [6.07, 6.45) is 3.39. The third kappa shape index (κ3) is 4.00. The summed E-state index contributed by atoms with van der Waals surface area (Å²) in [4.78, 5) is 25.6. The fourth-order valence-corrected chi connectivity index (χ4v) is 3.68. The molecule has 1 aliphatic heterocycles. The highest BCUT2D eigenvalue weighted by Crippen LogP contribution is 2.39. The second-order valence-electron chi connectivity index (χ2n) is 7.01. The van der Waals surface area contributed by atoms with Crippen molar-refractivity contribution < 1.29 is 9.59 Å². The van der Waals surface area contributed by atoms with Crippen LogP contribution in [0.4, 0.5) is 5.69 Å². The van der Waals surface area contributed by atoms with Crippen molar-refractivity contribution in [3.05, 3.63) is 30.0 Å². The van der Waals surface area contributed by atoms with E-state index in [-0.39, 0.29) is 23.9 Å². The Morgan fingerprint density at radius 3 is 2.78 bits per heavy atom. The molecule has 1 aromatic carbocycles. The number of anilines is 1. The number of carbonyl (C=O) groups is 2. The van der Waals surface area contributed by atoms with E-state index < -0.39 is 0 Å². The average Bonchev–Trinajstić information content (AvgIpc) is 3.07. The smallest absolute Gasteiger partial charge is 0.224 e. The highest BCUT2D eigenvalue weighted by Gasteiger charge is 2.33. The van der Waals surface area contributed by atoms with Gasteiger partial charge in [-0.3, -0.25) is 14.3 Å². The van der Waals surface area contributed by atoms with Crippen LogP contribution in [0, 0.1) is 0 Å². The zero-order chi connectivity index (χ0) is 19.6. The van der Waals surface area contributed by atoms with Gasteiger partial charge in [-0.2, -0.15) is 0 Å². The molecule has 0 bridgehead atoms. The standard InChI is InChI=1S/C19H26N6O2/c1-12-9-17(21-13(2)26)16-10-15(5-6-19(16)25(12)14(3)27)18-11-24(23-22-18)8-4-7-20/h5-6,10-12,17H,4,7-9,20H2,1-3H3,(H,21,26)/t12-,17+/m0/s1. The average molecular weight is 370 g/mol. The van der Waals surface area contributed by atoms with Crippen molar-refractivity contribution in [3.63, 3.8) is 0 Å². The van der Waals surface area contributed by atoms with Gasteiger partial charge in [0.05, 0.1) is 12.2 Å². The van der Waals surface area contributed by atoms with E-state index in [2.05, 4.69) is 15.6 Å². The topological polar surface area (TPSA) is 106 Å². The predicted molar refractivity (Wildman–Crippen MR) is 103 cm³/mol. The van der Waals surface area contributed by atoms with E-state index in [4.69, 9.17) is 5.73 Å². The Bertz CT molecular complexity index is 846. The fraction of sp³-hybridized carbons (Fsp3) is 0.474. The summed E-state index contributed by atoms with van der Waals surface area (Å²) in [6.45, 7) is 6.39. The van der Waals surface area contributed by atoms with Crippen LogP contribution in [-0.2, 0) is 16.1 Å². The first kappa shape index (κ1) is 19.0. The van der Waals surface area contributed by atoms with Gasteiger partial charge in [-0.15, -0.1) is 5.10 Å². The van der Waals surface area contributed by atoms with Gasteiger partial charge in [0.2, 0.25) is 11.8 Å². The molecule has 144 valence electrons. The van der Waals surface area contributed by atoms with Crippen LogP contribution in [0.1, 0.15) is 45.2 Å². The summed E-state index contributed by atoms with van der Waals surface area (Å²) in [5.41, 5.74) is 8.96. The van der Waals surface area contributed by atoms with Crippen LogP contribution in [0.2, 0.25) is 0 Å². The molecule has 0 spiro atoms. The number of fused-ring (bicyclic) bond motifs is 1. The number of nitrogens with one attached hydrogen (secondary N) is 1. The summed E-state index contributed by atoms with van der Waals surface area (Å²) < 4.78 is 1.77. The van der Waals surface area contributed by atoms with Crippen molar-refractivity contribution in [1.82, 2.24) is 20.3 Å². The van der Waals surface area contributed by atoms with Gasteiger partial charge >= 0.3 is 0 Å². The van der Waals surface area contributed by atoms with Gasteiger partial charge in [0, 0.05) is 37.7 Å². The fourth-order valence-electron chi connectivity index (χ4n) is 3.68. The Kier molecular flexibility index (Phi) is 5.55. The molecule has 2 aromatic rings. The molecule has 1 aliphatic rings. The largest absolute Gasteiger partial charge is 0.349 e. The van der Waals surface area contributed by atoms with Crippen LogP contribution in [0.25, 0.3) is 11.3 Å². The van der Waals surface area contributed by atoms with Crippen LogP contribution >= 0.6 is 0 Å². The minimum atomic E-state index is -0.143. The van der Waals surface area contributed by atoms with Gasteiger partial charge in [0.1, 0.15) is 5.69 Å². The molecule has 3 N–H and O–H groups in total. The lowest BCUT2D eigenvalue weighted by Gasteiger charge is -2.39. The molecule has 8 nitrogen and oxygen atoms in total. The lowest BCUT2D eigenvalue weighted by molar-refractivity contribution is -0.119. The first-order valence-electron chi connectivity index (χ1n) is 9.22. The number of benzene rings is 1. The van der Waals surface area contributed by atoms with Crippen LogP contribution in [-0.4, -0.2) is 39.4 Å². The van der Waals surface area contributed by atoms with Crippen LogP contribution < -0.4 is 16.0 Å². The van der Waals surface area contributed by atoms with Crippen molar-refractivity contribution in [3.8, 4) is 11.3 Å². The number of hydrogen-bond acceptors (Lipinski definition) is 5. The highest BCUT2D eigenvalue weighted by molar-refractivity contribution is 5.94. The van der Waals surface area contributed by atoms with Gasteiger partial charge in [-0.05, 0) is 44.0 Å². The van der Waals surface area contributed by atoms with Crippen molar-refractivity contribution in [1.29, 1.82) is 0 Å². The van der Waals surface area contributed by atoms with Crippen molar-refractivity contribution in [2.24, 2.45) is 5.73 Å². The van der Waals surface area contributed by atoms with Gasteiger partial charge in [0.15, 0.2) is 0 Å². The summed E-state index contributed by atoms with van der Waals surface area (Å²) in [6, 6.07) is 5.73. The first-order chi connectivity index (χ1) is 12.9. The lowest BCUT2D eigenvalue weighted by Crippen LogP contribution is -2.45. The first-order valence-corrected chi connectivity index (χ1v) is 9.22. The van der Waals surface area contributed by atoms with E-state index in [0.29, 0.717) is 13.0 Å². The minimum absolute atomic E-state index is 0.00879. The Morgan fingerprint density at radius 1 is 1.33 bits per heavy atom. The van der Waals surface area contributed by atoms with Crippen molar-refractivity contribution >= 4 is 17.5 Å². The van der Waals surface area contributed by atoms with E-state index in [1.807, 2.05) is 31.3 Å². The maximum atomic E-state index is 12.2. The van der Waals surface area contributed by atoms with Gasteiger partial charge in [-0.25, -0.2) is 0 Å². The van der Waals surface area contributed by atoms with Crippen LogP contribution in [0.15, 0.2) is 24.4 Å². The monoisotopic (exact) mass is 370 g/mol. The highest BCUT2D eigenvalue weighted by atomic mass is 16.2.